The number of benzene rings is 2. The first-order valence-electron chi connectivity index (χ1n) is 10.3. The molecule has 0 unspecified atom stereocenters. The van der Waals surface area contributed by atoms with Gasteiger partial charge in [0.05, 0.1) is 0 Å². The van der Waals surface area contributed by atoms with E-state index < -0.39 is 0 Å². The van der Waals surface area contributed by atoms with Crippen LogP contribution in [0.2, 0.25) is 0 Å². The number of allylic oxidation sites excluding steroid dienone is 2. The lowest BCUT2D eigenvalue weighted by molar-refractivity contribution is 0.284. The predicted octanol–water partition coefficient (Wildman–Crippen LogP) is 5.10. The lowest BCUT2D eigenvalue weighted by Gasteiger charge is -2.13. The molecule has 2 aromatic rings. The molecule has 0 amide bonds. The van der Waals surface area contributed by atoms with Crippen LogP contribution < -0.4 is 0 Å². The molecular formula is C26H32O2. The number of unbranched alkanes of at least 4 members (excludes halogenated alkanes) is 3. The SMILES string of the molecule is OCCCCC#C/C(Cc1ccccc1)=C(/CCCCO)Cc1ccccc1. The Morgan fingerprint density at radius 2 is 1.25 bits per heavy atom. The van der Waals surface area contributed by atoms with E-state index in [1.807, 2.05) is 12.1 Å². The zero-order valence-corrected chi connectivity index (χ0v) is 16.7. The van der Waals surface area contributed by atoms with Gasteiger partial charge in [0.2, 0.25) is 0 Å². The third-order valence-corrected chi connectivity index (χ3v) is 4.75. The Kier molecular flexibility index (Phi) is 10.8. The number of hydrogen-bond donors (Lipinski definition) is 2. The molecule has 2 aromatic carbocycles. The van der Waals surface area contributed by atoms with Crippen LogP contribution in [0.25, 0.3) is 0 Å². The first kappa shape index (κ1) is 22.0. The Morgan fingerprint density at radius 1 is 0.679 bits per heavy atom. The maximum atomic E-state index is 9.20. The largest absolute Gasteiger partial charge is 0.396 e. The lowest BCUT2D eigenvalue weighted by atomic mass is 9.92. The highest BCUT2D eigenvalue weighted by atomic mass is 16.3. The number of rotatable bonds is 11. The van der Waals surface area contributed by atoms with Crippen molar-refractivity contribution in [1.29, 1.82) is 0 Å². The Hall–Kier alpha value is -2.34. The van der Waals surface area contributed by atoms with E-state index in [4.69, 9.17) is 5.11 Å². The summed E-state index contributed by atoms with van der Waals surface area (Å²) >= 11 is 0. The summed E-state index contributed by atoms with van der Waals surface area (Å²) in [6.45, 7) is 0.467. The fourth-order valence-corrected chi connectivity index (χ4v) is 3.19. The van der Waals surface area contributed by atoms with Crippen LogP contribution in [0.4, 0.5) is 0 Å². The van der Waals surface area contributed by atoms with Crippen molar-refractivity contribution in [2.24, 2.45) is 0 Å². The molecule has 0 heterocycles. The quantitative estimate of drug-likeness (QED) is 0.423. The molecule has 0 saturated heterocycles. The van der Waals surface area contributed by atoms with Gasteiger partial charge in [-0.1, -0.05) is 78.1 Å². The van der Waals surface area contributed by atoms with E-state index >= 15 is 0 Å². The average Bonchev–Trinajstić information content (AvgIpc) is 2.74. The molecule has 0 atom stereocenters. The minimum atomic E-state index is 0.231. The summed E-state index contributed by atoms with van der Waals surface area (Å²) < 4.78 is 0. The van der Waals surface area contributed by atoms with Gasteiger partial charge in [0.15, 0.2) is 0 Å². The molecule has 2 rings (SSSR count). The molecule has 2 heteroatoms. The minimum absolute atomic E-state index is 0.231. The van der Waals surface area contributed by atoms with Crippen molar-refractivity contribution in [3.63, 3.8) is 0 Å². The van der Waals surface area contributed by atoms with Crippen LogP contribution in [0.3, 0.4) is 0 Å². The van der Waals surface area contributed by atoms with Crippen molar-refractivity contribution in [3.8, 4) is 11.8 Å². The van der Waals surface area contributed by atoms with Gasteiger partial charge in [-0.05, 0) is 49.7 Å². The summed E-state index contributed by atoms with van der Waals surface area (Å²) in [4.78, 5) is 0. The smallest absolute Gasteiger partial charge is 0.0431 e. The molecule has 0 saturated carbocycles. The van der Waals surface area contributed by atoms with Crippen LogP contribution in [0.1, 0.15) is 49.7 Å². The highest BCUT2D eigenvalue weighted by molar-refractivity contribution is 5.40. The fraction of sp³-hybridized carbons (Fsp3) is 0.385. The highest BCUT2D eigenvalue weighted by Crippen LogP contribution is 2.21. The van der Waals surface area contributed by atoms with Gasteiger partial charge in [-0.2, -0.15) is 0 Å². The summed E-state index contributed by atoms with van der Waals surface area (Å²) in [6.07, 6.45) is 7.05. The summed E-state index contributed by atoms with van der Waals surface area (Å²) in [5, 5.41) is 18.2. The molecule has 0 aliphatic carbocycles. The van der Waals surface area contributed by atoms with Gasteiger partial charge >= 0.3 is 0 Å². The van der Waals surface area contributed by atoms with Crippen molar-refractivity contribution in [1.82, 2.24) is 0 Å². The summed E-state index contributed by atoms with van der Waals surface area (Å²) in [5.41, 5.74) is 5.15. The fourth-order valence-electron chi connectivity index (χ4n) is 3.19. The lowest BCUT2D eigenvalue weighted by Crippen LogP contribution is -2.00. The zero-order chi connectivity index (χ0) is 19.9. The van der Waals surface area contributed by atoms with E-state index in [2.05, 4.69) is 60.4 Å². The molecule has 0 radical (unpaired) electrons. The van der Waals surface area contributed by atoms with Crippen molar-refractivity contribution in [2.45, 2.75) is 51.4 Å². The topological polar surface area (TPSA) is 40.5 Å². The Morgan fingerprint density at radius 3 is 1.86 bits per heavy atom. The maximum Gasteiger partial charge on any atom is 0.0431 e. The van der Waals surface area contributed by atoms with Crippen molar-refractivity contribution < 1.29 is 10.2 Å². The van der Waals surface area contributed by atoms with Gasteiger partial charge in [0, 0.05) is 31.6 Å². The zero-order valence-electron chi connectivity index (χ0n) is 16.7. The van der Waals surface area contributed by atoms with Crippen LogP contribution >= 0.6 is 0 Å². The van der Waals surface area contributed by atoms with Crippen LogP contribution in [0.5, 0.6) is 0 Å². The molecule has 0 fully saturated rings. The third-order valence-electron chi connectivity index (χ3n) is 4.75. The van der Waals surface area contributed by atoms with Crippen molar-refractivity contribution in [3.05, 3.63) is 82.9 Å². The third kappa shape index (κ3) is 8.57. The Bertz CT molecular complexity index is 751. The van der Waals surface area contributed by atoms with E-state index in [1.54, 1.807) is 0 Å². The van der Waals surface area contributed by atoms with E-state index in [9.17, 15) is 5.11 Å². The predicted molar refractivity (Wildman–Crippen MR) is 117 cm³/mol. The van der Waals surface area contributed by atoms with Gasteiger partial charge in [0.1, 0.15) is 0 Å². The maximum absolute atomic E-state index is 9.20. The van der Waals surface area contributed by atoms with E-state index in [1.165, 1.54) is 22.3 Å². The van der Waals surface area contributed by atoms with E-state index in [0.717, 1.165) is 51.4 Å². The first-order chi connectivity index (χ1) is 13.8. The van der Waals surface area contributed by atoms with Crippen LogP contribution in [-0.4, -0.2) is 23.4 Å². The first-order valence-corrected chi connectivity index (χ1v) is 10.3. The Balaban J connectivity index is 2.28. The number of aliphatic hydroxyl groups is 2. The van der Waals surface area contributed by atoms with E-state index in [0.29, 0.717) is 0 Å². The standard InChI is InChI=1S/C26H32O2/c27-19-11-2-1-9-17-25(21-23-13-5-3-6-14-23)26(18-10-12-20-28)22-24-15-7-4-8-16-24/h3-8,13-16,27-28H,1-2,10-12,18-22H2/b26-25+. The molecule has 2 nitrogen and oxygen atoms in total. The van der Waals surface area contributed by atoms with Crippen LogP contribution in [0, 0.1) is 11.8 Å². The van der Waals surface area contributed by atoms with Crippen molar-refractivity contribution in [2.75, 3.05) is 13.2 Å². The molecule has 0 aliphatic heterocycles. The molecule has 148 valence electrons. The summed E-state index contributed by atoms with van der Waals surface area (Å²) in [5.74, 6) is 6.79. The highest BCUT2D eigenvalue weighted by Gasteiger charge is 2.08. The minimum Gasteiger partial charge on any atom is -0.396 e. The molecule has 0 bridgehead atoms. The van der Waals surface area contributed by atoms with Gasteiger partial charge < -0.3 is 10.2 Å². The average molecular weight is 377 g/mol. The summed E-state index contributed by atoms with van der Waals surface area (Å²) in [6, 6.07) is 21.0. The summed E-state index contributed by atoms with van der Waals surface area (Å²) in [7, 11) is 0. The van der Waals surface area contributed by atoms with Gasteiger partial charge in [-0.3, -0.25) is 0 Å². The van der Waals surface area contributed by atoms with Gasteiger partial charge in [-0.25, -0.2) is 0 Å². The second-order valence-corrected chi connectivity index (χ2v) is 7.07. The van der Waals surface area contributed by atoms with E-state index in [-0.39, 0.29) is 13.2 Å². The van der Waals surface area contributed by atoms with Crippen LogP contribution in [0.15, 0.2) is 71.8 Å². The van der Waals surface area contributed by atoms with Crippen LogP contribution in [-0.2, 0) is 12.8 Å². The van der Waals surface area contributed by atoms with Gasteiger partial charge in [-0.15, -0.1) is 0 Å². The molecule has 28 heavy (non-hydrogen) atoms. The molecule has 0 aliphatic rings. The monoisotopic (exact) mass is 376 g/mol. The second kappa shape index (κ2) is 13.8. The Labute approximate surface area is 169 Å². The molecule has 0 aromatic heterocycles. The normalized spacial score (nSPS) is 11.5. The number of hydrogen-bond acceptors (Lipinski definition) is 2. The number of aliphatic hydroxyl groups excluding tert-OH is 2. The molecule has 0 spiro atoms. The molecular weight excluding hydrogens is 344 g/mol. The molecule has 2 N–H and O–H groups in total. The second-order valence-electron chi connectivity index (χ2n) is 7.07. The van der Waals surface area contributed by atoms with Crippen molar-refractivity contribution >= 4 is 0 Å². The van der Waals surface area contributed by atoms with Gasteiger partial charge in [0.25, 0.3) is 0 Å².